The minimum absolute atomic E-state index is 0.0816. The number of likely N-dealkylation sites (N-methyl/N-ethyl adjacent to an activating group) is 1. The third-order valence-electron chi connectivity index (χ3n) is 3.91. The zero-order valence-corrected chi connectivity index (χ0v) is 14.9. The van der Waals surface area contributed by atoms with Crippen LogP contribution in [0.2, 0.25) is 0 Å². The molecule has 25 heavy (non-hydrogen) atoms. The summed E-state index contributed by atoms with van der Waals surface area (Å²) in [5, 5.41) is 9.31. The monoisotopic (exact) mass is 345 g/mol. The summed E-state index contributed by atoms with van der Waals surface area (Å²) >= 11 is 0. The molecule has 0 aliphatic carbocycles. The van der Waals surface area contributed by atoms with Gasteiger partial charge >= 0.3 is 0 Å². The fraction of sp³-hybridized carbons (Fsp3) is 0.389. The normalized spacial score (nSPS) is 11.7. The van der Waals surface area contributed by atoms with Crippen LogP contribution >= 0.6 is 0 Å². The van der Waals surface area contributed by atoms with E-state index in [-0.39, 0.29) is 24.5 Å². The maximum absolute atomic E-state index is 12.6. The van der Waals surface area contributed by atoms with Crippen LogP contribution in [0.15, 0.2) is 28.8 Å². The molecule has 1 aromatic heterocycles. The van der Waals surface area contributed by atoms with Crippen LogP contribution in [-0.4, -0.2) is 30.6 Å². The Kier molecular flexibility index (Phi) is 6.16. The Labute approximate surface area is 146 Å². The Morgan fingerprint density at radius 2 is 2.00 bits per heavy atom. The van der Waals surface area contributed by atoms with E-state index in [1.165, 1.54) is 0 Å². The van der Waals surface area contributed by atoms with Crippen molar-refractivity contribution in [3.05, 3.63) is 46.8 Å². The van der Waals surface area contributed by atoms with Crippen molar-refractivity contribution in [1.29, 1.82) is 0 Å². The van der Waals surface area contributed by atoms with Gasteiger partial charge in [-0.15, -0.1) is 0 Å². The van der Waals surface area contributed by atoms with Crippen molar-refractivity contribution in [3.8, 4) is 5.75 Å². The van der Waals surface area contributed by atoms with Crippen molar-refractivity contribution in [1.82, 2.24) is 15.8 Å². The third kappa shape index (κ3) is 4.37. The number of rotatable bonds is 7. The molecular weight excluding hydrogens is 322 g/mol. The Hall–Kier alpha value is -2.83. The Balaban J connectivity index is 2.20. The molecule has 2 aromatic rings. The first-order valence-corrected chi connectivity index (χ1v) is 8.13. The minimum Gasteiger partial charge on any atom is -0.483 e. The molecule has 1 heterocycles. The molecule has 0 fully saturated rings. The van der Waals surface area contributed by atoms with Crippen LogP contribution in [0.25, 0.3) is 0 Å². The summed E-state index contributed by atoms with van der Waals surface area (Å²) in [6.45, 7) is 5.32. The third-order valence-corrected chi connectivity index (χ3v) is 3.91. The first-order valence-electron chi connectivity index (χ1n) is 8.13. The van der Waals surface area contributed by atoms with Crippen molar-refractivity contribution in [2.45, 2.75) is 33.2 Å². The average Bonchev–Trinajstić information content (AvgIpc) is 2.96. The number of amides is 2. The summed E-state index contributed by atoms with van der Waals surface area (Å²) < 4.78 is 10.7. The summed E-state index contributed by atoms with van der Waals surface area (Å²) in [5.74, 6) is 0.581. The smallest absolute Gasteiger partial charge is 0.257 e. The molecule has 1 unspecified atom stereocenters. The lowest BCUT2D eigenvalue weighted by atomic mass is 10.0. The van der Waals surface area contributed by atoms with E-state index >= 15 is 0 Å². The Bertz CT molecular complexity index is 735. The van der Waals surface area contributed by atoms with Crippen molar-refractivity contribution < 1.29 is 18.8 Å². The molecule has 7 heteroatoms. The number of aryl methyl sites for hydroxylation is 2. The highest BCUT2D eigenvalue weighted by molar-refractivity contribution is 5.96. The second-order valence-corrected chi connectivity index (χ2v) is 5.63. The predicted molar refractivity (Wildman–Crippen MR) is 92.5 cm³/mol. The van der Waals surface area contributed by atoms with E-state index in [9.17, 15) is 9.59 Å². The number of ether oxygens (including phenoxy) is 1. The molecule has 0 saturated carbocycles. The molecule has 0 aliphatic heterocycles. The number of nitrogens with one attached hydrogen (secondary N) is 2. The van der Waals surface area contributed by atoms with Gasteiger partial charge in [-0.05, 0) is 26.3 Å². The molecule has 0 bridgehead atoms. The number of hydrogen-bond acceptors (Lipinski definition) is 5. The lowest BCUT2D eigenvalue weighted by molar-refractivity contribution is -0.122. The molecule has 0 aliphatic rings. The predicted octanol–water partition coefficient (Wildman–Crippen LogP) is 2.30. The fourth-order valence-corrected chi connectivity index (χ4v) is 2.55. The molecule has 2 rings (SSSR count). The maximum Gasteiger partial charge on any atom is 0.257 e. The molecule has 1 aromatic carbocycles. The second kappa shape index (κ2) is 8.32. The standard InChI is InChI=1S/C18H23N3O4/c1-5-14(20-18(23)17-11(2)21-25-12(17)3)13-8-6-7-9-15(13)24-10-16(22)19-4/h6-9,14H,5,10H2,1-4H3,(H,19,22)(H,20,23). The van der Waals surface area contributed by atoms with E-state index in [1.807, 2.05) is 25.1 Å². The molecule has 2 amide bonds. The number of carbonyl (C=O) groups excluding carboxylic acids is 2. The van der Waals surface area contributed by atoms with Gasteiger partial charge < -0.3 is 19.9 Å². The van der Waals surface area contributed by atoms with Gasteiger partial charge in [0, 0.05) is 12.6 Å². The SMILES string of the molecule is CCC(NC(=O)c1c(C)noc1C)c1ccccc1OCC(=O)NC. The van der Waals surface area contributed by atoms with Crippen molar-refractivity contribution in [2.75, 3.05) is 13.7 Å². The highest BCUT2D eigenvalue weighted by Crippen LogP contribution is 2.28. The van der Waals surface area contributed by atoms with Crippen molar-refractivity contribution >= 4 is 11.8 Å². The molecule has 134 valence electrons. The molecule has 0 spiro atoms. The summed E-state index contributed by atoms with van der Waals surface area (Å²) in [6, 6.07) is 7.09. The zero-order chi connectivity index (χ0) is 18.4. The summed E-state index contributed by atoms with van der Waals surface area (Å²) in [4.78, 5) is 24.0. The fourth-order valence-electron chi connectivity index (χ4n) is 2.55. The van der Waals surface area contributed by atoms with Crippen LogP contribution in [0.4, 0.5) is 0 Å². The van der Waals surface area contributed by atoms with Crippen LogP contribution in [0.1, 0.15) is 46.8 Å². The molecule has 1 atom stereocenters. The Morgan fingerprint density at radius 1 is 1.28 bits per heavy atom. The van der Waals surface area contributed by atoms with Crippen molar-refractivity contribution in [2.24, 2.45) is 0 Å². The molecule has 0 radical (unpaired) electrons. The van der Waals surface area contributed by atoms with E-state index in [1.54, 1.807) is 27.0 Å². The van der Waals surface area contributed by atoms with Crippen LogP contribution in [-0.2, 0) is 4.79 Å². The van der Waals surface area contributed by atoms with E-state index in [2.05, 4.69) is 15.8 Å². The first kappa shape index (κ1) is 18.5. The first-order chi connectivity index (χ1) is 12.0. The molecular formula is C18H23N3O4. The van der Waals surface area contributed by atoms with E-state index in [0.29, 0.717) is 29.2 Å². The molecule has 2 N–H and O–H groups in total. The average molecular weight is 345 g/mol. The largest absolute Gasteiger partial charge is 0.483 e. The van der Waals surface area contributed by atoms with Crippen LogP contribution in [0, 0.1) is 13.8 Å². The number of hydrogen-bond donors (Lipinski definition) is 2. The van der Waals surface area contributed by atoms with Gasteiger partial charge in [0.1, 0.15) is 17.1 Å². The van der Waals surface area contributed by atoms with E-state index in [0.717, 1.165) is 5.56 Å². The van der Waals surface area contributed by atoms with Gasteiger partial charge in [-0.3, -0.25) is 9.59 Å². The van der Waals surface area contributed by atoms with E-state index in [4.69, 9.17) is 9.26 Å². The number of aromatic nitrogens is 1. The number of carbonyl (C=O) groups is 2. The van der Waals surface area contributed by atoms with Crippen LogP contribution in [0.5, 0.6) is 5.75 Å². The second-order valence-electron chi connectivity index (χ2n) is 5.63. The van der Waals surface area contributed by atoms with Gasteiger partial charge in [-0.1, -0.05) is 30.3 Å². The lowest BCUT2D eigenvalue weighted by Gasteiger charge is -2.20. The minimum atomic E-state index is -0.262. The van der Waals surface area contributed by atoms with Gasteiger partial charge in [0.05, 0.1) is 11.7 Å². The number of para-hydroxylation sites is 1. The highest BCUT2D eigenvalue weighted by Gasteiger charge is 2.22. The summed E-state index contributed by atoms with van der Waals surface area (Å²) in [7, 11) is 1.55. The lowest BCUT2D eigenvalue weighted by Crippen LogP contribution is -2.30. The topological polar surface area (TPSA) is 93.5 Å². The van der Waals surface area contributed by atoms with Gasteiger partial charge in [0.2, 0.25) is 0 Å². The number of benzene rings is 1. The quantitative estimate of drug-likeness (QED) is 0.803. The van der Waals surface area contributed by atoms with Gasteiger partial charge in [0.15, 0.2) is 6.61 Å². The molecule has 7 nitrogen and oxygen atoms in total. The number of nitrogens with zero attached hydrogens (tertiary/aromatic N) is 1. The zero-order valence-electron chi connectivity index (χ0n) is 14.9. The van der Waals surface area contributed by atoms with Crippen LogP contribution < -0.4 is 15.4 Å². The van der Waals surface area contributed by atoms with Gasteiger partial charge in [-0.25, -0.2) is 0 Å². The van der Waals surface area contributed by atoms with Crippen LogP contribution in [0.3, 0.4) is 0 Å². The van der Waals surface area contributed by atoms with Crippen molar-refractivity contribution in [3.63, 3.8) is 0 Å². The maximum atomic E-state index is 12.6. The highest BCUT2D eigenvalue weighted by atomic mass is 16.5. The Morgan fingerprint density at radius 3 is 2.60 bits per heavy atom. The van der Waals surface area contributed by atoms with E-state index < -0.39 is 0 Å². The van der Waals surface area contributed by atoms with Gasteiger partial charge in [0.25, 0.3) is 11.8 Å². The molecule has 0 saturated heterocycles. The summed E-state index contributed by atoms with van der Waals surface area (Å²) in [5.41, 5.74) is 1.81. The van der Waals surface area contributed by atoms with Gasteiger partial charge in [-0.2, -0.15) is 0 Å². The summed E-state index contributed by atoms with van der Waals surface area (Å²) in [6.07, 6.45) is 0.662.